The van der Waals surface area contributed by atoms with Gasteiger partial charge in [-0.05, 0) is 50.2 Å². The molecule has 1 aromatic rings. The summed E-state index contributed by atoms with van der Waals surface area (Å²) in [4.78, 5) is 7.01. The molecule has 4 rings (SSSR count). The Balaban J connectivity index is 0.00000196. The summed E-state index contributed by atoms with van der Waals surface area (Å²) in [5.41, 5.74) is 0.786. The van der Waals surface area contributed by atoms with Crippen LogP contribution in [0.4, 0.5) is 4.39 Å². The van der Waals surface area contributed by atoms with Crippen molar-refractivity contribution in [2.24, 2.45) is 4.99 Å². The molecule has 0 bridgehead atoms. The van der Waals surface area contributed by atoms with E-state index >= 15 is 0 Å². The van der Waals surface area contributed by atoms with Gasteiger partial charge in [-0.3, -0.25) is 4.99 Å². The zero-order valence-corrected chi connectivity index (χ0v) is 17.8. The fraction of sp³-hybridized carbons (Fsp3) is 0.650. The Morgan fingerprint density at radius 3 is 2.46 bits per heavy atom. The lowest BCUT2D eigenvalue weighted by Crippen LogP contribution is -2.50. The van der Waals surface area contributed by atoms with Gasteiger partial charge in [0.15, 0.2) is 5.96 Å². The fourth-order valence-corrected chi connectivity index (χ4v) is 4.07. The summed E-state index contributed by atoms with van der Waals surface area (Å²) in [5, 5.41) is 7.02. The second-order valence-electron chi connectivity index (χ2n) is 7.87. The number of guanidine groups is 1. The molecule has 3 fully saturated rings. The average Bonchev–Trinajstić information content (AvgIpc) is 3.54. The van der Waals surface area contributed by atoms with Crippen LogP contribution >= 0.6 is 24.0 Å². The fourth-order valence-electron chi connectivity index (χ4n) is 4.07. The van der Waals surface area contributed by atoms with E-state index in [9.17, 15) is 4.39 Å². The van der Waals surface area contributed by atoms with Crippen molar-refractivity contribution in [3.05, 3.63) is 35.6 Å². The Morgan fingerprint density at radius 1 is 1.19 bits per heavy atom. The molecular formula is C20H30FIN4. The Hall–Kier alpha value is -0.890. The molecule has 1 aliphatic heterocycles. The van der Waals surface area contributed by atoms with Crippen molar-refractivity contribution in [2.75, 3.05) is 26.7 Å². The third-order valence-corrected chi connectivity index (χ3v) is 6.05. The van der Waals surface area contributed by atoms with Gasteiger partial charge in [0.2, 0.25) is 0 Å². The number of aliphatic imine (C=N–C) groups is 1. The topological polar surface area (TPSA) is 39.7 Å². The molecule has 0 atom stereocenters. The maximum Gasteiger partial charge on any atom is 0.191 e. The molecule has 0 amide bonds. The van der Waals surface area contributed by atoms with Crippen LogP contribution in [0.15, 0.2) is 29.3 Å². The maximum atomic E-state index is 14.1. The molecule has 26 heavy (non-hydrogen) atoms. The number of hydrogen-bond donors (Lipinski definition) is 2. The van der Waals surface area contributed by atoms with Gasteiger partial charge in [-0.2, -0.15) is 0 Å². The third kappa shape index (κ3) is 4.50. The summed E-state index contributed by atoms with van der Waals surface area (Å²) >= 11 is 0. The van der Waals surface area contributed by atoms with E-state index in [4.69, 9.17) is 0 Å². The zero-order valence-electron chi connectivity index (χ0n) is 15.5. The van der Waals surface area contributed by atoms with E-state index in [1.165, 1.54) is 38.8 Å². The minimum Gasteiger partial charge on any atom is -0.356 e. The summed E-state index contributed by atoms with van der Waals surface area (Å²) < 4.78 is 14.1. The van der Waals surface area contributed by atoms with Gasteiger partial charge in [0.05, 0.1) is 0 Å². The van der Waals surface area contributed by atoms with Crippen LogP contribution in [0.25, 0.3) is 0 Å². The van der Waals surface area contributed by atoms with E-state index in [0.29, 0.717) is 6.04 Å². The molecule has 144 valence electrons. The molecule has 4 nitrogen and oxygen atoms in total. The zero-order chi connectivity index (χ0) is 17.3. The largest absolute Gasteiger partial charge is 0.356 e. The highest BCUT2D eigenvalue weighted by Gasteiger charge is 2.45. The summed E-state index contributed by atoms with van der Waals surface area (Å²) in [7, 11) is 1.82. The Labute approximate surface area is 173 Å². The molecule has 0 aromatic heterocycles. The molecule has 2 saturated carbocycles. The van der Waals surface area contributed by atoms with Crippen molar-refractivity contribution in [3.63, 3.8) is 0 Å². The van der Waals surface area contributed by atoms with E-state index in [1.807, 2.05) is 19.2 Å². The lowest BCUT2D eigenvalue weighted by Gasteiger charge is -2.33. The minimum atomic E-state index is -0.0859. The smallest absolute Gasteiger partial charge is 0.191 e. The van der Waals surface area contributed by atoms with Crippen molar-refractivity contribution in [2.45, 2.75) is 56.0 Å². The predicted octanol–water partition coefficient (Wildman–Crippen LogP) is 3.27. The standard InChI is InChI=1S/C20H29FN4.HI/c1-22-19(24-15-8-12-25(13-9-15)16-6-7-16)23-14-20(10-11-20)17-4-2-3-5-18(17)21;/h2-5,15-16H,6-14H2,1H3,(H2,22,23,24);1H. The molecule has 0 spiro atoms. The number of nitrogens with one attached hydrogen (secondary N) is 2. The Morgan fingerprint density at radius 2 is 1.88 bits per heavy atom. The molecule has 1 saturated heterocycles. The molecular weight excluding hydrogens is 442 g/mol. The van der Waals surface area contributed by atoms with Gasteiger partial charge in [-0.25, -0.2) is 4.39 Å². The number of rotatable bonds is 5. The lowest BCUT2D eigenvalue weighted by molar-refractivity contribution is 0.197. The number of benzene rings is 1. The highest BCUT2D eigenvalue weighted by atomic mass is 127. The second kappa shape index (κ2) is 8.42. The van der Waals surface area contributed by atoms with Crippen LogP contribution in [-0.2, 0) is 5.41 Å². The summed E-state index contributed by atoms with van der Waals surface area (Å²) in [6, 6.07) is 8.54. The van der Waals surface area contributed by atoms with E-state index in [0.717, 1.165) is 37.0 Å². The first kappa shape index (κ1) is 19.9. The molecule has 1 aromatic carbocycles. The molecule has 0 radical (unpaired) electrons. The first-order valence-electron chi connectivity index (χ1n) is 9.66. The van der Waals surface area contributed by atoms with Crippen LogP contribution in [0.3, 0.4) is 0 Å². The number of hydrogen-bond acceptors (Lipinski definition) is 2. The number of halogens is 2. The number of likely N-dealkylation sites (tertiary alicyclic amines) is 1. The molecule has 1 heterocycles. The van der Waals surface area contributed by atoms with Crippen molar-refractivity contribution in [1.82, 2.24) is 15.5 Å². The highest BCUT2D eigenvalue weighted by Crippen LogP contribution is 2.48. The van der Waals surface area contributed by atoms with E-state index in [2.05, 4.69) is 20.5 Å². The highest BCUT2D eigenvalue weighted by molar-refractivity contribution is 14.0. The summed E-state index contributed by atoms with van der Waals surface area (Å²) in [5.74, 6) is 0.768. The van der Waals surface area contributed by atoms with Crippen LogP contribution in [0, 0.1) is 5.82 Å². The van der Waals surface area contributed by atoms with Crippen molar-refractivity contribution in [3.8, 4) is 0 Å². The van der Waals surface area contributed by atoms with Crippen LogP contribution in [-0.4, -0.2) is 49.6 Å². The Bertz CT molecular complexity index is 634. The van der Waals surface area contributed by atoms with E-state index in [-0.39, 0.29) is 35.2 Å². The Kier molecular flexibility index (Phi) is 6.43. The lowest BCUT2D eigenvalue weighted by atomic mass is 9.95. The number of piperidine rings is 1. The second-order valence-corrected chi connectivity index (χ2v) is 7.87. The molecule has 2 N–H and O–H groups in total. The monoisotopic (exact) mass is 472 g/mol. The van der Waals surface area contributed by atoms with Gasteiger partial charge in [0.25, 0.3) is 0 Å². The molecule has 0 unspecified atom stereocenters. The van der Waals surface area contributed by atoms with Crippen LogP contribution in [0.2, 0.25) is 0 Å². The van der Waals surface area contributed by atoms with Gasteiger partial charge in [0, 0.05) is 44.2 Å². The molecule has 3 aliphatic rings. The van der Waals surface area contributed by atoms with Crippen LogP contribution < -0.4 is 10.6 Å². The van der Waals surface area contributed by atoms with Gasteiger partial charge in [-0.1, -0.05) is 18.2 Å². The van der Waals surface area contributed by atoms with Crippen LogP contribution in [0.1, 0.15) is 44.1 Å². The first-order valence-corrected chi connectivity index (χ1v) is 9.66. The quantitative estimate of drug-likeness (QED) is 0.393. The average molecular weight is 472 g/mol. The van der Waals surface area contributed by atoms with E-state index in [1.54, 1.807) is 12.1 Å². The normalized spacial score (nSPS) is 23.2. The van der Waals surface area contributed by atoms with Gasteiger partial charge in [0.1, 0.15) is 5.82 Å². The predicted molar refractivity (Wildman–Crippen MR) is 115 cm³/mol. The third-order valence-electron chi connectivity index (χ3n) is 6.05. The molecule has 6 heteroatoms. The van der Waals surface area contributed by atoms with Crippen molar-refractivity contribution < 1.29 is 4.39 Å². The van der Waals surface area contributed by atoms with Gasteiger partial charge >= 0.3 is 0 Å². The first-order chi connectivity index (χ1) is 12.2. The maximum absolute atomic E-state index is 14.1. The van der Waals surface area contributed by atoms with Gasteiger partial charge in [-0.15, -0.1) is 24.0 Å². The minimum absolute atomic E-state index is 0. The van der Waals surface area contributed by atoms with Crippen LogP contribution in [0.5, 0.6) is 0 Å². The van der Waals surface area contributed by atoms with Gasteiger partial charge < -0.3 is 15.5 Å². The van der Waals surface area contributed by atoms with E-state index < -0.39 is 0 Å². The van der Waals surface area contributed by atoms with Crippen molar-refractivity contribution >= 4 is 29.9 Å². The summed E-state index contributed by atoms with van der Waals surface area (Å²) in [6.45, 7) is 3.13. The van der Waals surface area contributed by atoms with Crippen molar-refractivity contribution in [1.29, 1.82) is 0 Å². The summed E-state index contributed by atoms with van der Waals surface area (Å²) in [6.07, 6.45) is 7.21. The molecule has 2 aliphatic carbocycles. The SMILES string of the molecule is CN=C(NCC1(c2ccccc2F)CC1)NC1CCN(C2CC2)CC1.I. The number of nitrogens with zero attached hydrogens (tertiary/aromatic N) is 2.